The van der Waals surface area contributed by atoms with Gasteiger partial charge in [-0.1, -0.05) is 6.08 Å². The van der Waals surface area contributed by atoms with E-state index in [9.17, 15) is 13.2 Å². The highest BCUT2D eigenvalue weighted by atomic mass is 32.2. The summed E-state index contributed by atoms with van der Waals surface area (Å²) < 4.78 is 30.0. The Morgan fingerprint density at radius 3 is 2.63 bits per heavy atom. The van der Waals surface area contributed by atoms with Gasteiger partial charge >= 0.3 is 5.97 Å². The van der Waals surface area contributed by atoms with E-state index >= 15 is 0 Å². The van der Waals surface area contributed by atoms with Crippen molar-refractivity contribution in [2.24, 2.45) is 0 Å². The number of carbonyl (C=O) groups is 1. The van der Waals surface area contributed by atoms with Gasteiger partial charge in [0.05, 0.1) is 18.4 Å². The standard InChI is InChI=1S/C12H16N2O4S/c1-4-7-14(2)19(16,17)11-6-5-9(8-10(11)13)12(15)18-3/h4-6,8H,1,7,13H2,2-3H3. The van der Waals surface area contributed by atoms with Crippen molar-refractivity contribution < 1.29 is 17.9 Å². The lowest BCUT2D eigenvalue weighted by molar-refractivity contribution is 0.0600. The summed E-state index contributed by atoms with van der Waals surface area (Å²) in [5, 5.41) is 0. The number of likely N-dealkylation sites (N-methyl/N-ethyl adjacent to an activating group) is 1. The number of anilines is 1. The molecule has 0 saturated carbocycles. The number of esters is 1. The van der Waals surface area contributed by atoms with Gasteiger partial charge in [-0.05, 0) is 18.2 Å². The Kier molecular flexibility index (Phi) is 4.68. The Balaban J connectivity index is 3.23. The van der Waals surface area contributed by atoms with E-state index in [0.29, 0.717) is 0 Å². The van der Waals surface area contributed by atoms with Crippen LogP contribution < -0.4 is 5.73 Å². The van der Waals surface area contributed by atoms with Crippen LogP contribution >= 0.6 is 0 Å². The van der Waals surface area contributed by atoms with Crippen LogP contribution in [-0.2, 0) is 14.8 Å². The third-order valence-electron chi connectivity index (χ3n) is 2.51. The van der Waals surface area contributed by atoms with Crippen LogP contribution in [0, 0.1) is 0 Å². The summed E-state index contributed by atoms with van der Waals surface area (Å²) in [4.78, 5) is 11.3. The predicted octanol–water partition coefficient (Wildman–Crippen LogP) is 0.862. The predicted molar refractivity (Wildman–Crippen MR) is 72.2 cm³/mol. The number of methoxy groups -OCH3 is 1. The third-order valence-corrected chi connectivity index (χ3v) is 4.40. The normalized spacial score (nSPS) is 11.3. The first kappa shape index (κ1) is 15.2. The van der Waals surface area contributed by atoms with Gasteiger partial charge in [0.2, 0.25) is 10.0 Å². The van der Waals surface area contributed by atoms with Gasteiger partial charge in [0.25, 0.3) is 0 Å². The Morgan fingerprint density at radius 2 is 2.16 bits per heavy atom. The van der Waals surface area contributed by atoms with E-state index in [1.807, 2.05) is 0 Å². The molecular weight excluding hydrogens is 268 g/mol. The molecule has 19 heavy (non-hydrogen) atoms. The molecule has 0 aliphatic rings. The fourth-order valence-corrected chi connectivity index (χ4v) is 2.71. The van der Waals surface area contributed by atoms with E-state index in [1.165, 1.54) is 38.4 Å². The largest absolute Gasteiger partial charge is 0.465 e. The van der Waals surface area contributed by atoms with E-state index in [-0.39, 0.29) is 22.7 Å². The molecule has 0 atom stereocenters. The number of nitrogen functional groups attached to an aromatic ring is 1. The third kappa shape index (κ3) is 3.12. The van der Waals surface area contributed by atoms with Gasteiger partial charge in [0.15, 0.2) is 0 Å². The second-order valence-electron chi connectivity index (χ2n) is 3.82. The van der Waals surface area contributed by atoms with Crippen LogP contribution in [-0.4, -0.2) is 39.4 Å². The average Bonchev–Trinajstić information content (AvgIpc) is 2.37. The zero-order valence-electron chi connectivity index (χ0n) is 10.8. The van der Waals surface area contributed by atoms with Gasteiger partial charge in [-0.2, -0.15) is 4.31 Å². The summed E-state index contributed by atoms with van der Waals surface area (Å²) in [7, 11) is -1.04. The number of nitrogens with two attached hydrogens (primary N) is 1. The number of hydrogen-bond donors (Lipinski definition) is 1. The van der Waals surface area contributed by atoms with Crippen molar-refractivity contribution in [3.8, 4) is 0 Å². The van der Waals surface area contributed by atoms with Crippen LogP contribution in [0.2, 0.25) is 0 Å². The van der Waals surface area contributed by atoms with Gasteiger partial charge in [-0.15, -0.1) is 6.58 Å². The van der Waals surface area contributed by atoms with Crippen LogP contribution in [0.1, 0.15) is 10.4 Å². The monoisotopic (exact) mass is 284 g/mol. The molecule has 1 rings (SSSR count). The van der Waals surface area contributed by atoms with Crippen LogP contribution in [0.3, 0.4) is 0 Å². The molecule has 0 amide bonds. The highest BCUT2D eigenvalue weighted by molar-refractivity contribution is 7.89. The summed E-state index contributed by atoms with van der Waals surface area (Å²) in [6.45, 7) is 3.65. The van der Waals surface area contributed by atoms with E-state index in [4.69, 9.17) is 5.73 Å². The summed E-state index contributed by atoms with van der Waals surface area (Å²) in [5.74, 6) is -0.574. The summed E-state index contributed by atoms with van der Waals surface area (Å²) >= 11 is 0. The molecule has 2 N–H and O–H groups in total. The fraction of sp³-hybridized carbons (Fsp3) is 0.250. The molecule has 1 aromatic rings. The first-order valence-electron chi connectivity index (χ1n) is 5.39. The molecule has 6 nitrogen and oxygen atoms in total. The van der Waals surface area contributed by atoms with E-state index < -0.39 is 16.0 Å². The first-order chi connectivity index (χ1) is 8.84. The lowest BCUT2D eigenvalue weighted by atomic mass is 10.2. The maximum atomic E-state index is 12.2. The van der Waals surface area contributed by atoms with Crippen molar-refractivity contribution in [1.29, 1.82) is 0 Å². The van der Waals surface area contributed by atoms with E-state index in [2.05, 4.69) is 11.3 Å². The number of hydrogen-bond acceptors (Lipinski definition) is 5. The van der Waals surface area contributed by atoms with Gasteiger partial charge in [-0.25, -0.2) is 13.2 Å². The summed E-state index contributed by atoms with van der Waals surface area (Å²) in [5.41, 5.74) is 5.89. The van der Waals surface area contributed by atoms with Crippen molar-refractivity contribution in [3.05, 3.63) is 36.4 Å². The van der Waals surface area contributed by atoms with E-state index in [0.717, 1.165) is 4.31 Å². The van der Waals surface area contributed by atoms with Crippen LogP contribution in [0.5, 0.6) is 0 Å². The average molecular weight is 284 g/mol. The summed E-state index contributed by atoms with van der Waals surface area (Å²) in [6.07, 6.45) is 1.47. The second-order valence-corrected chi connectivity index (χ2v) is 5.83. The van der Waals surface area contributed by atoms with Crippen molar-refractivity contribution >= 4 is 21.7 Å². The van der Waals surface area contributed by atoms with Crippen LogP contribution in [0.15, 0.2) is 35.7 Å². The highest BCUT2D eigenvalue weighted by Crippen LogP contribution is 2.23. The van der Waals surface area contributed by atoms with Crippen LogP contribution in [0.25, 0.3) is 0 Å². The van der Waals surface area contributed by atoms with Crippen molar-refractivity contribution in [2.75, 3.05) is 26.4 Å². The molecule has 0 radical (unpaired) electrons. The molecule has 0 spiro atoms. The molecule has 0 unspecified atom stereocenters. The van der Waals surface area contributed by atoms with E-state index in [1.54, 1.807) is 0 Å². The molecule has 0 fully saturated rings. The highest BCUT2D eigenvalue weighted by Gasteiger charge is 2.23. The topological polar surface area (TPSA) is 89.7 Å². The van der Waals surface area contributed by atoms with Gasteiger partial charge < -0.3 is 10.5 Å². The lowest BCUT2D eigenvalue weighted by Crippen LogP contribution is -2.27. The number of sulfonamides is 1. The number of rotatable bonds is 5. The molecule has 7 heteroatoms. The Labute approximate surface area is 112 Å². The Hall–Kier alpha value is -1.86. The van der Waals surface area contributed by atoms with Crippen molar-refractivity contribution in [2.45, 2.75) is 4.90 Å². The summed E-state index contributed by atoms with van der Waals surface area (Å²) in [6, 6.07) is 3.92. The maximum absolute atomic E-state index is 12.2. The zero-order chi connectivity index (χ0) is 14.6. The smallest absolute Gasteiger partial charge is 0.337 e. The quantitative estimate of drug-likeness (QED) is 0.492. The molecular formula is C12H16N2O4S. The number of carbonyl (C=O) groups excluding carboxylic acids is 1. The Morgan fingerprint density at radius 1 is 1.53 bits per heavy atom. The molecule has 0 aliphatic carbocycles. The van der Waals surface area contributed by atoms with Crippen molar-refractivity contribution in [3.63, 3.8) is 0 Å². The van der Waals surface area contributed by atoms with Crippen LogP contribution in [0.4, 0.5) is 5.69 Å². The fourth-order valence-electron chi connectivity index (χ4n) is 1.48. The van der Waals surface area contributed by atoms with Gasteiger partial charge in [0, 0.05) is 13.6 Å². The zero-order valence-corrected chi connectivity index (χ0v) is 11.6. The molecule has 0 bridgehead atoms. The minimum Gasteiger partial charge on any atom is -0.465 e. The second kappa shape index (κ2) is 5.85. The van der Waals surface area contributed by atoms with Gasteiger partial charge in [-0.3, -0.25) is 0 Å². The molecule has 1 aromatic carbocycles. The Bertz CT molecular complexity index is 596. The minimum atomic E-state index is -3.70. The van der Waals surface area contributed by atoms with Crippen molar-refractivity contribution in [1.82, 2.24) is 4.31 Å². The number of ether oxygens (including phenoxy) is 1. The molecule has 0 aliphatic heterocycles. The molecule has 0 heterocycles. The minimum absolute atomic E-state index is 0.00110. The lowest BCUT2D eigenvalue weighted by Gasteiger charge is -2.16. The first-order valence-corrected chi connectivity index (χ1v) is 6.83. The number of benzene rings is 1. The SMILES string of the molecule is C=CCN(C)S(=O)(=O)c1ccc(C(=O)OC)cc1N. The maximum Gasteiger partial charge on any atom is 0.337 e. The molecule has 0 aromatic heterocycles. The number of nitrogens with zero attached hydrogens (tertiary/aromatic N) is 1. The molecule has 0 saturated heterocycles. The van der Waals surface area contributed by atoms with Gasteiger partial charge in [0.1, 0.15) is 4.90 Å². The molecule has 104 valence electrons.